The van der Waals surface area contributed by atoms with Crippen LogP contribution in [0.1, 0.15) is 12.0 Å². The number of hydrogen-bond acceptors (Lipinski definition) is 5. The molecule has 0 aliphatic carbocycles. The largest absolute Gasteiger partial charge is 0.394 e. The number of rotatable bonds is 4. The van der Waals surface area contributed by atoms with Gasteiger partial charge in [-0.1, -0.05) is 30.3 Å². The van der Waals surface area contributed by atoms with Gasteiger partial charge in [-0.15, -0.1) is 0 Å². The van der Waals surface area contributed by atoms with Gasteiger partial charge in [0.2, 0.25) is 5.91 Å². The number of amides is 1. The normalized spacial score (nSPS) is 29.4. The quantitative estimate of drug-likeness (QED) is 0.565. The van der Waals surface area contributed by atoms with Crippen LogP contribution >= 0.6 is 0 Å². The average Bonchev–Trinajstić information content (AvgIpc) is 2.51. The van der Waals surface area contributed by atoms with Crippen LogP contribution in [0.2, 0.25) is 0 Å². The lowest BCUT2D eigenvalue weighted by molar-refractivity contribution is -0.166. The van der Waals surface area contributed by atoms with Gasteiger partial charge in [0.1, 0.15) is 18.3 Å². The number of piperidine rings is 1. The maximum Gasteiger partial charge on any atom is 0.223 e. The van der Waals surface area contributed by atoms with Crippen LogP contribution in [0, 0.1) is 0 Å². The molecule has 1 aromatic rings. The summed E-state index contributed by atoms with van der Waals surface area (Å²) in [6, 6.07) is 8.63. The first-order valence-electron chi connectivity index (χ1n) is 7.03. The molecule has 0 unspecified atom stereocenters. The van der Waals surface area contributed by atoms with Crippen molar-refractivity contribution in [2.75, 3.05) is 13.2 Å². The van der Waals surface area contributed by atoms with Crippen molar-refractivity contribution in [1.82, 2.24) is 4.90 Å². The maximum atomic E-state index is 12.2. The minimum absolute atomic E-state index is 0.0862. The Kier molecular flexibility index (Phi) is 5.30. The fraction of sp³-hybridized carbons (Fsp3) is 0.533. The highest BCUT2D eigenvalue weighted by Crippen LogP contribution is 2.20. The van der Waals surface area contributed by atoms with Gasteiger partial charge in [0.25, 0.3) is 0 Å². The maximum absolute atomic E-state index is 12.2. The van der Waals surface area contributed by atoms with Gasteiger partial charge in [0.05, 0.1) is 12.6 Å². The standard InChI is InChI=1S/C15H21NO5/c17-9-11-14(20)15(21)12(18)8-16(11)13(19)7-6-10-4-2-1-3-5-10/h1-5,11-12,14-15,17-18,20-21H,6-9H2/t11-,12+,14-,15-/m1/s1. The number of nitrogens with zero attached hydrogens (tertiary/aromatic N) is 1. The molecule has 0 spiro atoms. The first kappa shape index (κ1) is 15.9. The molecule has 1 saturated heterocycles. The van der Waals surface area contributed by atoms with Crippen molar-refractivity contribution < 1.29 is 25.2 Å². The molecule has 6 nitrogen and oxygen atoms in total. The van der Waals surface area contributed by atoms with Crippen molar-refractivity contribution in [3.8, 4) is 0 Å². The number of aliphatic hydroxyl groups is 4. The molecule has 4 N–H and O–H groups in total. The lowest BCUT2D eigenvalue weighted by Crippen LogP contribution is -2.63. The second-order valence-electron chi connectivity index (χ2n) is 5.33. The fourth-order valence-electron chi connectivity index (χ4n) is 2.62. The molecule has 1 heterocycles. The van der Waals surface area contributed by atoms with Gasteiger partial charge in [0.15, 0.2) is 0 Å². The summed E-state index contributed by atoms with van der Waals surface area (Å²) in [5.74, 6) is -0.261. The lowest BCUT2D eigenvalue weighted by atomic mass is 9.93. The van der Waals surface area contributed by atoms with Gasteiger partial charge in [-0.3, -0.25) is 4.79 Å². The predicted molar refractivity (Wildman–Crippen MR) is 75.4 cm³/mol. The minimum Gasteiger partial charge on any atom is -0.394 e. The summed E-state index contributed by atoms with van der Waals surface area (Å²) in [5.41, 5.74) is 1.02. The molecule has 4 atom stereocenters. The van der Waals surface area contributed by atoms with Crippen molar-refractivity contribution in [3.63, 3.8) is 0 Å². The molecular weight excluding hydrogens is 274 g/mol. The second kappa shape index (κ2) is 7.00. The molecule has 0 aromatic heterocycles. The predicted octanol–water partition coefficient (Wildman–Crippen LogP) is -1.10. The van der Waals surface area contributed by atoms with E-state index in [4.69, 9.17) is 0 Å². The number of likely N-dealkylation sites (tertiary alicyclic amines) is 1. The number of carbonyl (C=O) groups is 1. The van der Waals surface area contributed by atoms with Crippen LogP contribution in [0.4, 0.5) is 0 Å². The highest BCUT2D eigenvalue weighted by molar-refractivity contribution is 5.77. The van der Waals surface area contributed by atoms with Gasteiger partial charge >= 0.3 is 0 Å². The second-order valence-corrected chi connectivity index (χ2v) is 5.33. The summed E-state index contributed by atoms with van der Waals surface area (Å²) in [5, 5.41) is 38.5. The van der Waals surface area contributed by atoms with Crippen LogP contribution in [0.15, 0.2) is 30.3 Å². The molecule has 0 bridgehead atoms. The Hall–Kier alpha value is -1.47. The Balaban J connectivity index is 2.00. The minimum atomic E-state index is -1.35. The van der Waals surface area contributed by atoms with Crippen LogP contribution in [-0.2, 0) is 11.2 Å². The zero-order valence-corrected chi connectivity index (χ0v) is 11.7. The highest BCUT2D eigenvalue weighted by atomic mass is 16.4. The van der Waals surface area contributed by atoms with E-state index in [1.807, 2.05) is 30.3 Å². The van der Waals surface area contributed by atoms with E-state index >= 15 is 0 Å². The molecule has 1 aliphatic rings. The smallest absolute Gasteiger partial charge is 0.223 e. The summed E-state index contributed by atoms with van der Waals surface area (Å²) in [7, 11) is 0. The van der Waals surface area contributed by atoms with E-state index < -0.39 is 31.0 Å². The van der Waals surface area contributed by atoms with E-state index in [1.54, 1.807) is 0 Å². The van der Waals surface area contributed by atoms with Gasteiger partial charge < -0.3 is 25.3 Å². The molecule has 6 heteroatoms. The van der Waals surface area contributed by atoms with Crippen LogP contribution in [0.3, 0.4) is 0 Å². The average molecular weight is 295 g/mol. The van der Waals surface area contributed by atoms with Crippen molar-refractivity contribution in [1.29, 1.82) is 0 Å². The molecule has 0 saturated carbocycles. The van der Waals surface area contributed by atoms with Gasteiger partial charge in [-0.25, -0.2) is 0 Å². The Labute approximate surface area is 123 Å². The Bertz CT molecular complexity index is 466. The van der Waals surface area contributed by atoms with Gasteiger partial charge in [-0.05, 0) is 12.0 Å². The highest BCUT2D eigenvalue weighted by Gasteiger charge is 2.42. The van der Waals surface area contributed by atoms with Crippen LogP contribution in [0.25, 0.3) is 0 Å². The molecule has 116 valence electrons. The third-order valence-corrected chi connectivity index (χ3v) is 3.90. The zero-order chi connectivity index (χ0) is 15.4. The van der Waals surface area contributed by atoms with Gasteiger partial charge in [-0.2, -0.15) is 0 Å². The van der Waals surface area contributed by atoms with Gasteiger partial charge in [0, 0.05) is 13.0 Å². The molecule has 2 rings (SSSR count). The number of aryl methyl sites for hydroxylation is 1. The number of carbonyl (C=O) groups excluding carboxylic acids is 1. The number of hydrogen-bond donors (Lipinski definition) is 4. The molecular formula is C15H21NO5. The first-order valence-corrected chi connectivity index (χ1v) is 7.03. The van der Waals surface area contributed by atoms with E-state index in [1.165, 1.54) is 4.90 Å². The third kappa shape index (κ3) is 3.59. The first-order chi connectivity index (χ1) is 10.0. The van der Waals surface area contributed by atoms with Crippen molar-refractivity contribution in [3.05, 3.63) is 35.9 Å². The summed E-state index contributed by atoms with van der Waals surface area (Å²) in [6.45, 7) is -0.543. The van der Waals surface area contributed by atoms with Crippen LogP contribution in [-0.4, -0.2) is 68.7 Å². The van der Waals surface area contributed by atoms with Crippen molar-refractivity contribution in [2.24, 2.45) is 0 Å². The van der Waals surface area contributed by atoms with E-state index in [9.17, 15) is 25.2 Å². The SMILES string of the molecule is O=C(CCc1ccccc1)N1C[C@H](O)[C@@H](O)[C@H](O)[C@H]1CO. The number of benzene rings is 1. The van der Waals surface area contributed by atoms with E-state index in [0.717, 1.165) is 5.56 Å². The Morgan fingerprint density at radius 1 is 1.14 bits per heavy atom. The Morgan fingerprint density at radius 2 is 1.81 bits per heavy atom. The lowest BCUT2D eigenvalue weighted by Gasteiger charge is -2.43. The number of β-amino-alcohol motifs (C(OH)–C–C–N with tert-alkyl or cyclic N) is 1. The number of aliphatic hydroxyl groups excluding tert-OH is 4. The summed E-state index contributed by atoms with van der Waals surface area (Å²) in [6.07, 6.45) is -3.14. The fourth-order valence-corrected chi connectivity index (χ4v) is 2.62. The van der Waals surface area contributed by atoms with Crippen LogP contribution < -0.4 is 0 Å². The molecule has 1 aliphatic heterocycles. The molecule has 21 heavy (non-hydrogen) atoms. The summed E-state index contributed by atoms with van der Waals surface area (Å²) in [4.78, 5) is 13.5. The van der Waals surface area contributed by atoms with Crippen molar-refractivity contribution in [2.45, 2.75) is 37.2 Å². The molecule has 1 amide bonds. The van der Waals surface area contributed by atoms with E-state index in [2.05, 4.69) is 0 Å². The molecule has 1 aromatic carbocycles. The summed E-state index contributed by atoms with van der Waals surface area (Å²) >= 11 is 0. The van der Waals surface area contributed by atoms with E-state index in [0.29, 0.717) is 6.42 Å². The monoisotopic (exact) mass is 295 g/mol. The van der Waals surface area contributed by atoms with Crippen molar-refractivity contribution >= 4 is 5.91 Å². The Morgan fingerprint density at radius 3 is 2.43 bits per heavy atom. The third-order valence-electron chi connectivity index (χ3n) is 3.90. The van der Waals surface area contributed by atoms with Crippen LogP contribution in [0.5, 0.6) is 0 Å². The zero-order valence-electron chi connectivity index (χ0n) is 11.7. The molecule has 1 fully saturated rings. The summed E-state index contributed by atoms with van der Waals surface area (Å²) < 4.78 is 0. The topological polar surface area (TPSA) is 101 Å². The molecule has 0 radical (unpaired) electrons. The van der Waals surface area contributed by atoms with E-state index in [-0.39, 0.29) is 18.9 Å².